The quantitative estimate of drug-likeness (QED) is 0.173. The summed E-state index contributed by atoms with van der Waals surface area (Å²) in [5.41, 5.74) is 7.60. The van der Waals surface area contributed by atoms with E-state index in [0.717, 1.165) is 4.90 Å². The van der Waals surface area contributed by atoms with Gasteiger partial charge in [-0.05, 0) is 41.8 Å². The molecule has 2 fully saturated rings. The van der Waals surface area contributed by atoms with Gasteiger partial charge in [-0.15, -0.1) is 0 Å². The van der Waals surface area contributed by atoms with Gasteiger partial charge in [-0.1, -0.05) is 46.7 Å². The number of aromatic amines is 1. The second kappa shape index (κ2) is 12.5. The van der Waals surface area contributed by atoms with Crippen LogP contribution in [0.3, 0.4) is 0 Å². The number of amides is 1. The number of carboxylic acid groups (broad SMARTS) is 1. The Balaban J connectivity index is 2.28. The highest BCUT2D eigenvalue weighted by Crippen LogP contribution is 2.47. The second-order valence-electron chi connectivity index (χ2n) is 14.4. The number of ether oxygens (including phenoxy) is 2. The molecule has 0 aromatic carbocycles. The van der Waals surface area contributed by atoms with E-state index in [1.165, 1.54) is 23.8 Å². The lowest BCUT2D eigenvalue weighted by atomic mass is 9.99. The summed E-state index contributed by atoms with van der Waals surface area (Å²) in [7, 11) is -5.26. The molecule has 1 amide bonds. The average Bonchev–Trinajstić information content (AvgIpc) is 3.40. The molecule has 44 heavy (non-hydrogen) atoms. The van der Waals surface area contributed by atoms with E-state index in [1.807, 2.05) is 26.2 Å². The van der Waals surface area contributed by atoms with Gasteiger partial charge in [-0.2, -0.15) is 0 Å². The van der Waals surface area contributed by atoms with Crippen LogP contribution in [0.2, 0.25) is 36.3 Å². The largest absolute Gasteiger partial charge is 0.480 e. The van der Waals surface area contributed by atoms with Gasteiger partial charge in [0.25, 0.3) is 5.56 Å². The number of nitrogens with one attached hydrogen (secondary N) is 1. The van der Waals surface area contributed by atoms with E-state index in [1.54, 1.807) is 0 Å². The molecule has 0 unspecified atom stereocenters. The number of azide groups is 1. The van der Waals surface area contributed by atoms with Crippen LogP contribution in [-0.2, 0) is 27.9 Å². The summed E-state index contributed by atoms with van der Waals surface area (Å²) < 4.78 is 27.9. The number of carbonyl (C=O) groups excluding carboxylic acids is 1. The first-order valence-electron chi connectivity index (χ1n) is 14.5. The van der Waals surface area contributed by atoms with E-state index in [4.69, 9.17) is 23.9 Å². The van der Waals surface area contributed by atoms with Crippen LogP contribution in [0.15, 0.2) is 27.0 Å². The SMILES string of the molecule is CC(=O)N1[C@H](C(=O)O)[C@@H]([C@H]2O[C@@H](n3ccc(=O)[nH]c3=O)[C@H](O[Si](C)(C)C(C)(C)C)[C@@H]2O[Si](C)(C)C(C)(C)C)O[C@@H]1CN=[N+]=[N-]. The van der Waals surface area contributed by atoms with Crippen molar-refractivity contribution in [3.63, 3.8) is 0 Å². The molecule has 2 N–H and O–H groups in total. The van der Waals surface area contributed by atoms with E-state index >= 15 is 0 Å². The van der Waals surface area contributed by atoms with Crippen molar-refractivity contribution in [3.05, 3.63) is 43.5 Å². The minimum absolute atomic E-state index is 0.271. The lowest BCUT2D eigenvalue weighted by molar-refractivity contribution is -0.151. The maximum Gasteiger partial charge on any atom is 0.330 e. The highest BCUT2D eigenvalue weighted by atomic mass is 28.4. The first-order chi connectivity index (χ1) is 20.0. The number of hydrogen-bond donors (Lipinski definition) is 2. The molecule has 2 aliphatic rings. The zero-order chi connectivity index (χ0) is 33.6. The van der Waals surface area contributed by atoms with Crippen molar-refractivity contribution in [2.45, 2.75) is 128 Å². The minimum Gasteiger partial charge on any atom is -0.480 e. The fourth-order valence-corrected chi connectivity index (χ4v) is 7.47. The number of H-pyrrole nitrogens is 1. The smallest absolute Gasteiger partial charge is 0.330 e. The Morgan fingerprint density at radius 1 is 1.02 bits per heavy atom. The summed E-state index contributed by atoms with van der Waals surface area (Å²) in [5, 5.41) is 13.4. The van der Waals surface area contributed by atoms with Gasteiger partial charge < -0.3 is 28.3 Å². The Labute approximate surface area is 258 Å². The zero-order valence-electron chi connectivity index (χ0n) is 27.4. The van der Waals surface area contributed by atoms with E-state index < -0.39 is 82.7 Å². The fraction of sp³-hybridized carbons (Fsp3) is 0.778. The molecule has 2 saturated heterocycles. The molecule has 246 valence electrons. The van der Waals surface area contributed by atoms with E-state index in [0.29, 0.717) is 0 Å². The molecule has 17 heteroatoms. The zero-order valence-corrected chi connectivity index (χ0v) is 29.4. The summed E-state index contributed by atoms with van der Waals surface area (Å²) in [4.78, 5) is 56.6. The fourth-order valence-electron chi connectivity index (χ4n) is 4.89. The van der Waals surface area contributed by atoms with Crippen LogP contribution in [0, 0.1) is 0 Å². The van der Waals surface area contributed by atoms with Crippen molar-refractivity contribution < 1.29 is 33.0 Å². The Morgan fingerprint density at radius 3 is 2.02 bits per heavy atom. The van der Waals surface area contributed by atoms with Gasteiger partial charge in [0.05, 0.1) is 6.54 Å². The normalized spacial score (nSPS) is 28.2. The van der Waals surface area contributed by atoms with Crippen molar-refractivity contribution in [2.75, 3.05) is 6.54 Å². The van der Waals surface area contributed by atoms with Crippen LogP contribution in [0.5, 0.6) is 0 Å². The summed E-state index contributed by atoms with van der Waals surface area (Å²) >= 11 is 0. The molecule has 0 radical (unpaired) electrons. The summed E-state index contributed by atoms with van der Waals surface area (Å²) in [5.74, 6) is -1.95. The Morgan fingerprint density at radius 2 is 1.57 bits per heavy atom. The summed E-state index contributed by atoms with van der Waals surface area (Å²) in [6.07, 6.45) is -5.35. The van der Waals surface area contributed by atoms with Gasteiger partial charge in [-0.25, -0.2) is 9.59 Å². The molecule has 0 aliphatic carbocycles. The molecule has 7 atom stereocenters. The van der Waals surface area contributed by atoms with Gasteiger partial charge in [-0.3, -0.25) is 19.1 Å². The molecular formula is C27H46N6O9Si2. The van der Waals surface area contributed by atoms with Crippen LogP contribution in [0.25, 0.3) is 10.4 Å². The van der Waals surface area contributed by atoms with Crippen LogP contribution >= 0.6 is 0 Å². The molecule has 15 nitrogen and oxygen atoms in total. The van der Waals surface area contributed by atoms with Crippen LogP contribution in [-0.4, -0.2) is 91.3 Å². The number of rotatable bonds is 9. The molecule has 3 rings (SSSR count). The monoisotopic (exact) mass is 654 g/mol. The molecule has 2 aliphatic heterocycles. The highest BCUT2D eigenvalue weighted by Gasteiger charge is 2.61. The summed E-state index contributed by atoms with van der Waals surface area (Å²) in [6.45, 7) is 21.3. The third kappa shape index (κ3) is 7.03. The molecule has 0 saturated carbocycles. The van der Waals surface area contributed by atoms with E-state index in [9.17, 15) is 24.3 Å². The van der Waals surface area contributed by atoms with Crippen molar-refractivity contribution >= 4 is 28.5 Å². The number of carbonyl (C=O) groups is 2. The minimum atomic E-state index is -2.64. The lowest BCUT2D eigenvalue weighted by Gasteiger charge is -2.44. The van der Waals surface area contributed by atoms with Gasteiger partial charge in [0.1, 0.15) is 30.6 Å². The Bertz CT molecular complexity index is 1410. The number of hydrogen-bond acceptors (Lipinski definition) is 9. The molecule has 3 heterocycles. The first-order valence-corrected chi connectivity index (χ1v) is 20.4. The number of aromatic nitrogens is 2. The molecule has 0 spiro atoms. The van der Waals surface area contributed by atoms with Gasteiger partial charge in [0, 0.05) is 24.1 Å². The van der Waals surface area contributed by atoms with Crippen LogP contribution < -0.4 is 11.2 Å². The predicted molar refractivity (Wildman–Crippen MR) is 166 cm³/mol. The Kier molecular flexibility index (Phi) is 10.2. The van der Waals surface area contributed by atoms with Crippen LogP contribution in [0.4, 0.5) is 0 Å². The second-order valence-corrected chi connectivity index (χ2v) is 23.9. The number of aliphatic carboxylic acids is 1. The maximum absolute atomic E-state index is 13.1. The van der Waals surface area contributed by atoms with E-state index in [2.05, 4.69) is 56.6 Å². The summed E-state index contributed by atoms with van der Waals surface area (Å²) in [6, 6.07) is -0.341. The standard InChI is InChI=1S/C27H46N6O9Si2/c1-15(34)33-17(14-29-31-28)39-19(18(33)24(36)37)20-21(41-43(8,9)26(2,3)4)22(42-44(10,11)27(5,6)7)23(40-20)32-13-12-16(35)30-25(32)38/h12-13,17-23H,14H2,1-11H3,(H,36,37)(H,30,35,38)/t17-,18+,19+,20-,21-,22-,23-/m1/s1. The maximum atomic E-state index is 13.1. The molecule has 1 aromatic rings. The van der Waals surface area contributed by atoms with E-state index in [-0.39, 0.29) is 16.6 Å². The molecule has 1 aromatic heterocycles. The van der Waals surface area contributed by atoms with Crippen molar-refractivity contribution in [1.82, 2.24) is 14.5 Å². The van der Waals surface area contributed by atoms with Crippen molar-refractivity contribution in [2.24, 2.45) is 5.11 Å². The lowest BCUT2D eigenvalue weighted by Crippen LogP contribution is -2.57. The molecule has 0 bridgehead atoms. The molecular weight excluding hydrogens is 609 g/mol. The van der Waals surface area contributed by atoms with Gasteiger partial charge >= 0.3 is 11.7 Å². The predicted octanol–water partition coefficient (Wildman–Crippen LogP) is 3.55. The van der Waals surface area contributed by atoms with Gasteiger partial charge in [0.15, 0.2) is 28.9 Å². The van der Waals surface area contributed by atoms with Gasteiger partial charge in [0.2, 0.25) is 5.91 Å². The Hall–Kier alpha value is -2.80. The van der Waals surface area contributed by atoms with Crippen molar-refractivity contribution in [1.29, 1.82) is 0 Å². The van der Waals surface area contributed by atoms with Crippen molar-refractivity contribution in [3.8, 4) is 0 Å². The highest BCUT2D eigenvalue weighted by molar-refractivity contribution is 6.74. The third-order valence-electron chi connectivity index (χ3n) is 9.30. The third-order valence-corrected chi connectivity index (χ3v) is 18.2. The van der Waals surface area contributed by atoms with Crippen LogP contribution in [0.1, 0.15) is 54.7 Å². The topological polar surface area (TPSA) is 198 Å². The number of carboxylic acids is 1. The number of nitrogens with zero attached hydrogens (tertiary/aromatic N) is 5. The average molecular weight is 655 g/mol. The first kappa shape index (κ1) is 35.7.